The molecule has 0 aliphatic heterocycles. The molecule has 0 aliphatic carbocycles. The molecule has 0 heterocycles. The van der Waals surface area contributed by atoms with Crippen LogP contribution in [0.4, 0.5) is 0 Å². The van der Waals surface area contributed by atoms with Crippen molar-refractivity contribution in [3.8, 4) is 0 Å². The number of rotatable bonds is 4. The van der Waals surface area contributed by atoms with E-state index in [9.17, 15) is 15.0 Å². The van der Waals surface area contributed by atoms with Gasteiger partial charge >= 0.3 is 0 Å². The van der Waals surface area contributed by atoms with Crippen LogP contribution in [0.3, 0.4) is 0 Å². The number of hydrogen-bond donors (Lipinski definition) is 3. The first-order valence-corrected chi connectivity index (χ1v) is 5.13. The lowest BCUT2D eigenvalue weighted by Crippen LogP contribution is -2.33. The Morgan fingerprint density at radius 3 is 2.00 bits per heavy atom. The van der Waals surface area contributed by atoms with Crippen LogP contribution in [-0.2, 0) is 5.60 Å². The molecule has 2 atom stereocenters. The molecule has 4 N–H and O–H groups in total. The van der Waals surface area contributed by atoms with Crippen molar-refractivity contribution in [1.29, 1.82) is 0 Å². The monoisotopic (exact) mass is 249 g/mol. The van der Waals surface area contributed by atoms with Gasteiger partial charge in [-0.3, -0.25) is 4.79 Å². The van der Waals surface area contributed by atoms with E-state index >= 15 is 0 Å². The van der Waals surface area contributed by atoms with E-state index in [0.717, 1.165) is 0 Å². The maximum Gasteiger partial charge on any atom is 0.191 e. The van der Waals surface area contributed by atoms with E-state index in [1.165, 1.54) is 13.8 Å². The molecule has 0 fully saturated rings. The molecule has 4 nitrogen and oxygen atoms in total. The third-order valence-electron chi connectivity index (χ3n) is 2.72. The van der Waals surface area contributed by atoms with E-state index < -0.39 is 17.7 Å². The van der Waals surface area contributed by atoms with Gasteiger partial charge in [0.1, 0.15) is 0 Å². The molecular formula is C11H20ClNO3. The van der Waals surface area contributed by atoms with Crippen LogP contribution >= 0.6 is 12.4 Å². The lowest BCUT2D eigenvalue weighted by molar-refractivity contribution is 0.0764. The molecule has 94 valence electrons. The van der Waals surface area contributed by atoms with Gasteiger partial charge in [0, 0.05) is 17.2 Å². The minimum atomic E-state index is -1.18. The van der Waals surface area contributed by atoms with Gasteiger partial charge in [0.05, 0.1) is 11.7 Å². The Kier molecular flexibility index (Phi) is 4.71. The molecule has 5 heteroatoms. The van der Waals surface area contributed by atoms with Gasteiger partial charge < -0.3 is 15.9 Å². The minimum Gasteiger partial charge on any atom is -0.387 e. The summed E-state index contributed by atoms with van der Waals surface area (Å²) in [5.41, 5.74) is 4.94. The molecular weight excluding hydrogens is 230 g/mol. The smallest absolute Gasteiger partial charge is 0.191 e. The third kappa shape index (κ3) is 2.83. The number of aliphatic hydroxyl groups excluding tert-OH is 1. The zero-order valence-corrected chi connectivity index (χ0v) is 10.8. The minimum absolute atomic E-state index is 0. The molecule has 0 aliphatic rings. The Morgan fingerprint density at radius 2 is 1.75 bits per heavy atom. The van der Waals surface area contributed by atoms with E-state index in [0.29, 0.717) is 11.1 Å². The van der Waals surface area contributed by atoms with Gasteiger partial charge in [0.2, 0.25) is 0 Å². The number of nitrogens with two attached hydrogens (primary N) is 1. The quantitative estimate of drug-likeness (QED) is 0.729. The average molecular weight is 250 g/mol. The summed E-state index contributed by atoms with van der Waals surface area (Å²) in [6, 6.07) is -0.469. The van der Waals surface area contributed by atoms with E-state index in [-0.39, 0.29) is 23.8 Å². The van der Waals surface area contributed by atoms with Crippen molar-refractivity contribution >= 4 is 12.4 Å². The van der Waals surface area contributed by atoms with Crippen LogP contribution in [0.2, 0.25) is 0 Å². The maximum atomic E-state index is 11.4. The normalized spacial score (nSPS) is 16.2. The topological polar surface area (TPSA) is 83.6 Å². The molecule has 0 saturated heterocycles. The molecule has 1 aromatic carbocycles. The summed E-state index contributed by atoms with van der Waals surface area (Å²) in [5.74, 6) is 0.0870. The number of halogens is 1. The fraction of sp³-hybridized carbons (Fsp3) is 0.727. The first kappa shape index (κ1) is 15.6. The van der Waals surface area contributed by atoms with Crippen molar-refractivity contribution < 1.29 is 10.2 Å². The molecule has 0 saturated carbocycles. The van der Waals surface area contributed by atoms with Crippen molar-refractivity contribution in [3.05, 3.63) is 21.4 Å². The molecule has 0 spiro atoms. The van der Waals surface area contributed by atoms with Crippen molar-refractivity contribution in [3.63, 3.8) is 0 Å². The summed E-state index contributed by atoms with van der Waals surface area (Å²) >= 11 is 0. The third-order valence-corrected chi connectivity index (χ3v) is 2.72. The molecule has 16 heavy (non-hydrogen) atoms. The lowest BCUT2D eigenvalue weighted by Gasteiger charge is -2.20. The summed E-state index contributed by atoms with van der Waals surface area (Å²) in [4.78, 5) is 11.4. The maximum absolute atomic E-state index is 11.4. The molecule has 0 radical (unpaired) electrons. The zero-order valence-electron chi connectivity index (χ0n) is 10.0. The van der Waals surface area contributed by atoms with Gasteiger partial charge in [0.15, 0.2) is 5.43 Å². The fourth-order valence-electron chi connectivity index (χ4n) is 1.63. The zero-order chi connectivity index (χ0) is 12.0. The van der Waals surface area contributed by atoms with E-state index in [1.54, 1.807) is 0 Å². The van der Waals surface area contributed by atoms with Crippen LogP contribution < -0.4 is 11.2 Å². The van der Waals surface area contributed by atoms with Gasteiger partial charge in [-0.05, 0) is 19.8 Å². The summed E-state index contributed by atoms with van der Waals surface area (Å²) in [6.45, 7) is 6.82. The molecule has 0 aromatic heterocycles. The van der Waals surface area contributed by atoms with Gasteiger partial charge in [-0.15, -0.1) is 12.4 Å². The summed E-state index contributed by atoms with van der Waals surface area (Å²) in [5, 5.41) is 19.5. The largest absolute Gasteiger partial charge is 0.387 e. The van der Waals surface area contributed by atoms with Crippen LogP contribution in [0.15, 0.2) is 4.79 Å². The number of hydrogen-bond acceptors (Lipinski definition) is 4. The Bertz CT molecular complexity index is 361. The highest BCUT2D eigenvalue weighted by molar-refractivity contribution is 5.85. The van der Waals surface area contributed by atoms with Crippen LogP contribution in [0.25, 0.3) is 0 Å². The van der Waals surface area contributed by atoms with Crippen molar-refractivity contribution in [2.75, 3.05) is 0 Å². The standard InChI is InChI=1S/C11H19NO3.ClH/c1-5(2)8(12)10(14)6-7(9(6)13)11(3,4)15;/h5,8,10,14-15H,12H2,1-4H3;1H/t8-,10?;/m0./s1. The van der Waals surface area contributed by atoms with Crippen molar-refractivity contribution in [2.45, 2.75) is 45.4 Å². The Hall–Kier alpha value is -0.420. The van der Waals surface area contributed by atoms with Gasteiger partial charge in [-0.2, -0.15) is 0 Å². The highest BCUT2D eigenvalue weighted by Gasteiger charge is 2.40. The van der Waals surface area contributed by atoms with Gasteiger partial charge in [-0.25, -0.2) is 0 Å². The van der Waals surface area contributed by atoms with Crippen LogP contribution in [-0.4, -0.2) is 16.3 Å². The van der Waals surface area contributed by atoms with Gasteiger partial charge in [0.25, 0.3) is 0 Å². The molecule has 1 aromatic rings. The first-order chi connectivity index (χ1) is 6.68. The second-order valence-corrected chi connectivity index (χ2v) is 4.94. The summed E-state index contributed by atoms with van der Waals surface area (Å²) in [7, 11) is 0. The second-order valence-electron chi connectivity index (χ2n) is 4.94. The highest BCUT2D eigenvalue weighted by atomic mass is 35.5. The van der Waals surface area contributed by atoms with Crippen LogP contribution in [0.5, 0.6) is 0 Å². The predicted octanol–water partition coefficient (Wildman–Crippen LogP) is 0.588. The molecule has 1 unspecified atom stereocenters. The van der Waals surface area contributed by atoms with E-state index in [1.807, 2.05) is 13.8 Å². The number of aliphatic hydroxyl groups is 2. The van der Waals surface area contributed by atoms with E-state index in [2.05, 4.69) is 0 Å². The SMILES string of the molecule is CC(C)[C@H](N)C(O)c1c(C(C)(C)O)c1=O.Cl. The van der Waals surface area contributed by atoms with E-state index in [4.69, 9.17) is 5.73 Å². The fourth-order valence-corrected chi connectivity index (χ4v) is 1.63. The lowest BCUT2D eigenvalue weighted by atomic mass is 9.96. The first-order valence-electron chi connectivity index (χ1n) is 5.13. The molecule has 0 bridgehead atoms. The average Bonchev–Trinajstić information content (AvgIpc) is 2.73. The summed E-state index contributed by atoms with van der Waals surface area (Å²) < 4.78 is 0. The van der Waals surface area contributed by atoms with Crippen LogP contribution in [0.1, 0.15) is 44.9 Å². The highest BCUT2D eigenvalue weighted by Crippen LogP contribution is 2.32. The molecule has 1 rings (SSSR count). The Morgan fingerprint density at radius 1 is 1.31 bits per heavy atom. The Balaban J connectivity index is 0.00000225. The van der Waals surface area contributed by atoms with Crippen LogP contribution in [0, 0.1) is 5.92 Å². The van der Waals surface area contributed by atoms with Crippen molar-refractivity contribution in [1.82, 2.24) is 0 Å². The summed E-state index contributed by atoms with van der Waals surface area (Å²) in [6.07, 6.45) is -0.959. The van der Waals surface area contributed by atoms with Gasteiger partial charge in [-0.1, -0.05) is 13.8 Å². The predicted molar refractivity (Wildman–Crippen MR) is 65.4 cm³/mol. The Labute approximate surface area is 102 Å². The second kappa shape index (κ2) is 4.84. The molecule has 0 amide bonds. The van der Waals surface area contributed by atoms with Crippen molar-refractivity contribution in [2.24, 2.45) is 11.7 Å².